The van der Waals surface area contributed by atoms with Crippen LogP contribution in [0.25, 0.3) is 0 Å². The third-order valence-corrected chi connectivity index (χ3v) is 3.49. The molecule has 2 heterocycles. The van der Waals surface area contributed by atoms with Crippen LogP contribution in [0.1, 0.15) is 30.2 Å². The second-order valence-corrected chi connectivity index (χ2v) is 5.22. The van der Waals surface area contributed by atoms with Crippen LogP contribution in [-0.4, -0.2) is 28.7 Å². The third kappa shape index (κ3) is 2.62. The van der Waals surface area contributed by atoms with E-state index in [-0.39, 0.29) is 12.1 Å². The normalized spacial score (nSPS) is 23.1. The van der Waals surface area contributed by atoms with Gasteiger partial charge in [-0.15, -0.1) is 0 Å². The van der Waals surface area contributed by atoms with Crippen LogP contribution in [-0.2, 0) is 4.74 Å². The monoisotopic (exact) mass is 265 g/mol. The Balaban J connectivity index is 2.33. The second kappa shape index (κ2) is 5.20. The van der Waals surface area contributed by atoms with E-state index >= 15 is 0 Å². The fraction of sp³-hybridized carbons (Fsp3) is 0.538. The van der Waals surface area contributed by atoms with E-state index in [0.717, 1.165) is 35.7 Å². The molecule has 2 rings (SSSR count). The van der Waals surface area contributed by atoms with E-state index in [1.165, 1.54) is 0 Å². The summed E-state index contributed by atoms with van der Waals surface area (Å²) in [6.07, 6.45) is 1.17. The molecule has 0 aromatic carbocycles. The van der Waals surface area contributed by atoms with Gasteiger partial charge in [-0.2, -0.15) is 0 Å². The van der Waals surface area contributed by atoms with Crippen molar-refractivity contribution >= 4 is 23.0 Å². The van der Waals surface area contributed by atoms with Crippen molar-refractivity contribution in [2.24, 2.45) is 5.73 Å². The topological polar surface area (TPSA) is 60.2 Å². The average Bonchev–Trinajstić information content (AvgIpc) is 2.62. The summed E-state index contributed by atoms with van der Waals surface area (Å²) in [7, 11) is 0. The van der Waals surface area contributed by atoms with Crippen LogP contribution < -0.4 is 11.1 Å². The minimum absolute atomic E-state index is 0.187. The molecule has 1 aromatic rings. The van der Waals surface area contributed by atoms with E-state index in [1.807, 2.05) is 19.9 Å². The van der Waals surface area contributed by atoms with E-state index in [2.05, 4.69) is 17.2 Å². The number of aromatic nitrogens is 1. The van der Waals surface area contributed by atoms with Crippen LogP contribution in [0.4, 0.5) is 5.82 Å². The lowest BCUT2D eigenvalue weighted by molar-refractivity contribution is 0.121. The summed E-state index contributed by atoms with van der Waals surface area (Å²) in [5.41, 5.74) is 8.66. The van der Waals surface area contributed by atoms with Crippen LogP contribution in [0.15, 0.2) is 6.07 Å². The molecule has 1 saturated heterocycles. The SMILES string of the molecule is Cc1cc(C)c(C(N)=S)c(NC2CCOC2C)n1. The number of thiocarbonyl (C=S) groups is 1. The first-order valence-electron chi connectivity index (χ1n) is 6.15. The van der Waals surface area contributed by atoms with Gasteiger partial charge in [-0.25, -0.2) is 4.98 Å². The number of nitrogens with zero attached hydrogens (tertiary/aromatic N) is 1. The molecule has 3 N–H and O–H groups in total. The number of hydrogen-bond acceptors (Lipinski definition) is 4. The molecule has 4 nitrogen and oxygen atoms in total. The number of hydrogen-bond donors (Lipinski definition) is 2. The molecule has 98 valence electrons. The minimum atomic E-state index is 0.187. The van der Waals surface area contributed by atoms with Gasteiger partial charge in [0.05, 0.1) is 17.7 Å². The van der Waals surface area contributed by atoms with Crippen molar-refractivity contribution in [2.75, 3.05) is 11.9 Å². The van der Waals surface area contributed by atoms with Gasteiger partial charge in [-0.05, 0) is 38.8 Å². The summed E-state index contributed by atoms with van der Waals surface area (Å²) < 4.78 is 5.54. The Morgan fingerprint density at radius 3 is 2.83 bits per heavy atom. The lowest BCUT2D eigenvalue weighted by Gasteiger charge is -2.20. The predicted octanol–water partition coefficient (Wildman–Crippen LogP) is 1.92. The van der Waals surface area contributed by atoms with Crippen LogP contribution in [0.5, 0.6) is 0 Å². The number of ether oxygens (including phenoxy) is 1. The molecule has 1 aromatic heterocycles. The molecule has 0 saturated carbocycles. The summed E-state index contributed by atoms with van der Waals surface area (Å²) in [5.74, 6) is 0.780. The molecule has 0 radical (unpaired) electrons. The summed E-state index contributed by atoms with van der Waals surface area (Å²) in [6.45, 7) is 6.82. The highest BCUT2D eigenvalue weighted by molar-refractivity contribution is 7.80. The van der Waals surface area contributed by atoms with Crippen LogP contribution >= 0.6 is 12.2 Å². The molecule has 2 atom stereocenters. The van der Waals surface area contributed by atoms with Gasteiger partial charge in [0.15, 0.2) is 0 Å². The van der Waals surface area contributed by atoms with E-state index < -0.39 is 0 Å². The molecular weight excluding hydrogens is 246 g/mol. The first-order valence-corrected chi connectivity index (χ1v) is 6.56. The number of aryl methyl sites for hydroxylation is 2. The molecule has 0 aliphatic carbocycles. The number of anilines is 1. The number of pyridine rings is 1. The van der Waals surface area contributed by atoms with Gasteiger partial charge >= 0.3 is 0 Å². The Morgan fingerprint density at radius 1 is 1.56 bits per heavy atom. The number of rotatable bonds is 3. The Labute approximate surface area is 113 Å². The van der Waals surface area contributed by atoms with Gasteiger partial charge in [-0.3, -0.25) is 0 Å². The molecule has 1 aliphatic rings. The van der Waals surface area contributed by atoms with Gasteiger partial charge < -0.3 is 15.8 Å². The summed E-state index contributed by atoms with van der Waals surface area (Å²) in [4.78, 5) is 4.90. The largest absolute Gasteiger partial charge is 0.389 e. The maximum absolute atomic E-state index is 5.79. The van der Waals surface area contributed by atoms with Crippen molar-refractivity contribution in [3.05, 3.63) is 22.9 Å². The predicted molar refractivity (Wildman–Crippen MR) is 77.0 cm³/mol. The van der Waals surface area contributed by atoms with Crippen LogP contribution in [0.2, 0.25) is 0 Å². The van der Waals surface area contributed by atoms with Crippen LogP contribution in [0.3, 0.4) is 0 Å². The fourth-order valence-electron chi connectivity index (χ4n) is 2.35. The van der Waals surface area contributed by atoms with E-state index in [9.17, 15) is 0 Å². The zero-order valence-corrected chi connectivity index (χ0v) is 11.8. The lowest BCUT2D eigenvalue weighted by Crippen LogP contribution is -2.29. The highest BCUT2D eigenvalue weighted by atomic mass is 32.1. The maximum atomic E-state index is 5.79. The lowest BCUT2D eigenvalue weighted by atomic mass is 10.1. The fourth-order valence-corrected chi connectivity index (χ4v) is 2.61. The zero-order chi connectivity index (χ0) is 13.3. The molecular formula is C13H19N3OS. The minimum Gasteiger partial charge on any atom is -0.389 e. The standard InChI is InChI=1S/C13H19N3OS/c1-7-6-8(2)15-13(11(7)12(14)18)16-10-4-5-17-9(10)3/h6,9-10H,4-5H2,1-3H3,(H2,14,18)(H,15,16). The summed E-state index contributed by atoms with van der Waals surface area (Å²) >= 11 is 5.12. The molecule has 0 bridgehead atoms. The van der Waals surface area contributed by atoms with E-state index in [0.29, 0.717) is 4.99 Å². The van der Waals surface area contributed by atoms with Gasteiger partial charge in [0.1, 0.15) is 10.8 Å². The average molecular weight is 265 g/mol. The van der Waals surface area contributed by atoms with Gasteiger partial charge in [-0.1, -0.05) is 12.2 Å². The molecule has 2 unspecified atom stereocenters. The number of nitrogens with one attached hydrogen (secondary N) is 1. The Kier molecular flexibility index (Phi) is 3.82. The molecule has 5 heteroatoms. The van der Waals surface area contributed by atoms with Crippen molar-refractivity contribution in [2.45, 2.75) is 39.3 Å². The van der Waals surface area contributed by atoms with Crippen molar-refractivity contribution in [3.8, 4) is 0 Å². The summed E-state index contributed by atoms with van der Waals surface area (Å²) in [6, 6.07) is 2.26. The smallest absolute Gasteiger partial charge is 0.137 e. The number of nitrogens with two attached hydrogens (primary N) is 1. The van der Waals surface area contributed by atoms with Crippen molar-refractivity contribution in [1.29, 1.82) is 0 Å². The van der Waals surface area contributed by atoms with E-state index in [4.69, 9.17) is 22.7 Å². The molecule has 1 aliphatic heterocycles. The molecule has 18 heavy (non-hydrogen) atoms. The Bertz CT molecular complexity index is 476. The van der Waals surface area contributed by atoms with Gasteiger partial charge in [0, 0.05) is 12.3 Å². The summed E-state index contributed by atoms with van der Waals surface area (Å²) in [5, 5.41) is 3.42. The quantitative estimate of drug-likeness (QED) is 0.818. The molecule has 0 amide bonds. The van der Waals surface area contributed by atoms with Gasteiger partial charge in [0.2, 0.25) is 0 Å². The van der Waals surface area contributed by atoms with Gasteiger partial charge in [0.25, 0.3) is 0 Å². The van der Waals surface area contributed by atoms with Crippen molar-refractivity contribution < 1.29 is 4.74 Å². The first-order chi connectivity index (χ1) is 8.49. The Hall–Kier alpha value is -1.20. The van der Waals surface area contributed by atoms with Crippen molar-refractivity contribution in [1.82, 2.24) is 4.98 Å². The maximum Gasteiger partial charge on any atom is 0.137 e. The third-order valence-electron chi connectivity index (χ3n) is 3.29. The van der Waals surface area contributed by atoms with Crippen LogP contribution in [0, 0.1) is 13.8 Å². The zero-order valence-electron chi connectivity index (χ0n) is 11.0. The van der Waals surface area contributed by atoms with Crippen molar-refractivity contribution in [3.63, 3.8) is 0 Å². The Morgan fingerprint density at radius 2 is 2.28 bits per heavy atom. The highest BCUT2D eigenvalue weighted by Crippen LogP contribution is 2.23. The highest BCUT2D eigenvalue weighted by Gasteiger charge is 2.25. The first kappa shape index (κ1) is 13.2. The molecule has 0 spiro atoms. The second-order valence-electron chi connectivity index (χ2n) is 4.78. The van der Waals surface area contributed by atoms with E-state index in [1.54, 1.807) is 0 Å². The molecule has 1 fully saturated rings.